The Bertz CT molecular complexity index is 411. The van der Waals surface area contributed by atoms with Gasteiger partial charge in [0.2, 0.25) is 0 Å². The van der Waals surface area contributed by atoms with Crippen LogP contribution in [0, 0.1) is 13.8 Å². The van der Waals surface area contributed by atoms with Crippen molar-refractivity contribution in [3.8, 4) is 0 Å². The van der Waals surface area contributed by atoms with Crippen molar-refractivity contribution < 1.29 is 4.79 Å². The quantitative estimate of drug-likeness (QED) is 0.529. The number of aryl methyl sites for hydroxylation is 2. The Morgan fingerprint density at radius 1 is 1.24 bits per heavy atom. The van der Waals surface area contributed by atoms with E-state index in [0.29, 0.717) is 0 Å². The zero-order valence-electron chi connectivity index (χ0n) is 10.1. The van der Waals surface area contributed by atoms with Gasteiger partial charge < -0.3 is 11.1 Å². The van der Waals surface area contributed by atoms with Crippen LogP contribution in [0.1, 0.15) is 11.1 Å². The highest BCUT2D eigenvalue weighted by Gasteiger charge is 2.03. The molecule has 4 N–H and O–H groups in total. The van der Waals surface area contributed by atoms with Crippen LogP contribution in [0.3, 0.4) is 0 Å². The summed E-state index contributed by atoms with van der Waals surface area (Å²) in [5.74, 6) is 0.0851. The van der Waals surface area contributed by atoms with Crippen LogP contribution in [-0.2, 0) is 0 Å². The molecule has 0 atom stereocenters. The standard InChI is InChI=1S/C11H16N4O.ClH/c1-7-4-8(2)6-9(5-7)14-11(16)15-10(12)13-3;/h4-6H,1-3H3,(H4,12,13,14,15,16);1H. The number of amides is 2. The first-order valence-corrected chi connectivity index (χ1v) is 4.90. The average molecular weight is 257 g/mol. The Morgan fingerprint density at radius 2 is 1.76 bits per heavy atom. The number of nitrogens with one attached hydrogen (secondary N) is 2. The van der Waals surface area contributed by atoms with Crippen molar-refractivity contribution in [3.05, 3.63) is 29.3 Å². The first kappa shape index (κ1) is 15.2. The molecule has 0 aliphatic heterocycles. The van der Waals surface area contributed by atoms with Gasteiger partial charge in [-0.05, 0) is 37.1 Å². The number of carbonyl (C=O) groups excluding carboxylic acids is 1. The summed E-state index contributed by atoms with van der Waals surface area (Å²) in [4.78, 5) is 15.0. The number of nitrogens with zero attached hydrogens (tertiary/aromatic N) is 1. The summed E-state index contributed by atoms with van der Waals surface area (Å²) in [5, 5.41) is 5.07. The van der Waals surface area contributed by atoms with Crippen molar-refractivity contribution >= 4 is 30.1 Å². The zero-order valence-corrected chi connectivity index (χ0v) is 10.9. The Balaban J connectivity index is 0.00000256. The van der Waals surface area contributed by atoms with Gasteiger partial charge in [-0.3, -0.25) is 10.3 Å². The number of hydrogen-bond donors (Lipinski definition) is 3. The Hall–Kier alpha value is -1.75. The maximum Gasteiger partial charge on any atom is 0.325 e. The van der Waals surface area contributed by atoms with Gasteiger partial charge >= 0.3 is 6.03 Å². The highest BCUT2D eigenvalue weighted by atomic mass is 35.5. The van der Waals surface area contributed by atoms with Crippen molar-refractivity contribution in [1.82, 2.24) is 5.32 Å². The lowest BCUT2D eigenvalue weighted by Crippen LogP contribution is -2.39. The van der Waals surface area contributed by atoms with Gasteiger partial charge in [0.25, 0.3) is 0 Å². The summed E-state index contributed by atoms with van der Waals surface area (Å²) in [6, 6.07) is 5.40. The lowest BCUT2D eigenvalue weighted by Gasteiger charge is -2.08. The first-order valence-electron chi connectivity index (χ1n) is 4.90. The first-order chi connectivity index (χ1) is 7.51. The summed E-state index contributed by atoms with van der Waals surface area (Å²) in [6.07, 6.45) is 0. The van der Waals surface area contributed by atoms with E-state index in [1.807, 2.05) is 32.0 Å². The van der Waals surface area contributed by atoms with Gasteiger partial charge in [-0.15, -0.1) is 12.4 Å². The summed E-state index contributed by atoms with van der Waals surface area (Å²) in [5.41, 5.74) is 8.28. The smallest absolute Gasteiger partial charge is 0.325 e. The normalized spacial score (nSPS) is 10.4. The molecule has 94 valence electrons. The molecule has 0 fully saturated rings. The van der Waals surface area contributed by atoms with Crippen LogP contribution in [0.15, 0.2) is 23.2 Å². The molecule has 17 heavy (non-hydrogen) atoms. The van der Waals surface area contributed by atoms with Gasteiger partial charge in [0.1, 0.15) is 0 Å². The second kappa shape index (κ2) is 6.75. The van der Waals surface area contributed by atoms with E-state index < -0.39 is 6.03 Å². The molecule has 6 heteroatoms. The fraction of sp³-hybridized carbons (Fsp3) is 0.273. The molecule has 1 aromatic rings. The molecule has 0 radical (unpaired) electrons. The number of benzene rings is 1. The molecule has 0 aliphatic carbocycles. The predicted molar refractivity (Wildman–Crippen MR) is 72.9 cm³/mol. The second-order valence-electron chi connectivity index (χ2n) is 3.56. The maximum absolute atomic E-state index is 11.4. The molecule has 0 aromatic heterocycles. The number of hydrogen-bond acceptors (Lipinski definition) is 2. The largest absolute Gasteiger partial charge is 0.370 e. The molecule has 1 rings (SSSR count). The number of guanidine groups is 1. The molecule has 0 heterocycles. The van der Waals surface area contributed by atoms with Crippen molar-refractivity contribution in [2.24, 2.45) is 10.7 Å². The minimum absolute atomic E-state index is 0. The highest BCUT2D eigenvalue weighted by molar-refractivity contribution is 6.01. The van der Waals surface area contributed by atoms with Crippen LogP contribution in [0.2, 0.25) is 0 Å². The third-order valence-corrected chi connectivity index (χ3v) is 1.96. The molecule has 2 amide bonds. The molecular weight excluding hydrogens is 240 g/mol. The van der Waals surface area contributed by atoms with E-state index in [0.717, 1.165) is 16.8 Å². The van der Waals surface area contributed by atoms with Gasteiger partial charge in [0, 0.05) is 12.7 Å². The monoisotopic (exact) mass is 256 g/mol. The molecule has 0 bridgehead atoms. The van der Waals surface area contributed by atoms with Crippen molar-refractivity contribution in [1.29, 1.82) is 0 Å². The molecule has 0 unspecified atom stereocenters. The topological polar surface area (TPSA) is 79.5 Å². The summed E-state index contributed by atoms with van der Waals surface area (Å²) >= 11 is 0. The third-order valence-electron chi connectivity index (χ3n) is 1.96. The van der Waals surface area contributed by atoms with Gasteiger partial charge in [-0.1, -0.05) is 6.07 Å². The highest BCUT2D eigenvalue weighted by Crippen LogP contribution is 2.13. The minimum Gasteiger partial charge on any atom is -0.370 e. The van der Waals surface area contributed by atoms with Crippen molar-refractivity contribution in [2.75, 3.05) is 12.4 Å². The van der Waals surface area contributed by atoms with Crippen LogP contribution in [0.5, 0.6) is 0 Å². The van der Waals surface area contributed by atoms with Crippen molar-refractivity contribution in [3.63, 3.8) is 0 Å². The predicted octanol–water partition coefficient (Wildman–Crippen LogP) is 1.79. The lowest BCUT2D eigenvalue weighted by molar-refractivity contribution is 0.256. The average Bonchev–Trinajstić information content (AvgIpc) is 2.15. The van der Waals surface area contributed by atoms with Gasteiger partial charge in [0.05, 0.1) is 0 Å². The number of carbonyl (C=O) groups is 1. The molecular formula is C11H17ClN4O. The van der Waals surface area contributed by atoms with Gasteiger partial charge in [-0.2, -0.15) is 0 Å². The number of urea groups is 1. The fourth-order valence-electron chi connectivity index (χ4n) is 1.38. The molecule has 0 aliphatic rings. The summed E-state index contributed by atoms with van der Waals surface area (Å²) < 4.78 is 0. The molecule has 0 saturated heterocycles. The second-order valence-corrected chi connectivity index (χ2v) is 3.56. The summed E-state index contributed by atoms with van der Waals surface area (Å²) in [6.45, 7) is 3.94. The van der Waals surface area contributed by atoms with E-state index in [4.69, 9.17) is 5.73 Å². The molecule has 0 saturated carbocycles. The lowest BCUT2D eigenvalue weighted by atomic mass is 10.1. The number of anilines is 1. The van der Waals surface area contributed by atoms with Crippen LogP contribution in [0.25, 0.3) is 0 Å². The van der Waals surface area contributed by atoms with Crippen molar-refractivity contribution in [2.45, 2.75) is 13.8 Å². The zero-order chi connectivity index (χ0) is 12.1. The minimum atomic E-state index is -0.395. The third kappa shape index (κ3) is 5.21. The van der Waals surface area contributed by atoms with Crippen LogP contribution in [0.4, 0.5) is 10.5 Å². The number of aliphatic imine (C=N–C) groups is 1. The van der Waals surface area contributed by atoms with Gasteiger partial charge in [0.15, 0.2) is 5.96 Å². The Morgan fingerprint density at radius 3 is 2.24 bits per heavy atom. The van der Waals surface area contributed by atoms with E-state index in [2.05, 4.69) is 15.6 Å². The molecule has 0 spiro atoms. The molecule has 1 aromatic carbocycles. The van der Waals surface area contributed by atoms with Gasteiger partial charge in [-0.25, -0.2) is 4.79 Å². The number of halogens is 1. The number of nitrogens with two attached hydrogens (primary N) is 1. The van der Waals surface area contributed by atoms with Crippen LogP contribution in [-0.4, -0.2) is 19.0 Å². The van der Waals surface area contributed by atoms with E-state index in [-0.39, 0.29) is 18.4 Å². The summed E-state index contributed by atoms with van der Waals surface area (Å²) in [7, 11) is 1.51. The van der Waals surface area contributed by atoms with E-state index in [1.54, 1.807) is 0 Å². The van der Waals surface area contributed by atoms with E-state index in [9.17, 15) is 4.79 Å². The fourth-order valence-corrected chi connectivity index (χ4v) is 1.38. The Kier molecular flexibility index (Phi) is 6.06. The Labute approximate surface area is 107 Å². The molecule has 5 nitrogen and oxygen atoms in total. The maximum atomic E-state index is 11.4. The van der Waals surface area contributed by atoms with E-state index in [1.165, 1.54) is 7.05 Å². The number of rotatable bonds is 1. The van der Waals surface area contributed by atoms with Crippen LogP contribution < -0.4 is 16.4 Å². The van der Waals surface area contributed by atoms with E-state index >= 15 is 0 Å². The van der Waals surface area contributed by atoms with Crippen LogP contribution >= 0.6 is 12.4 Å². The SMILES string of the molecule is CN=C(N)NC(=O)Nc1cc(C)cc(C)c1.Cl.